The van der Waals surface area contributed by atoms with Gasteiger partial charge in [-0.3, -0.25) is 4.79 Å². The molecule has 0 aliphatic heterocycles. The molecule has 6 heteroatoms. The van der Waals surface area contributed by atoms with Crippen molar-refractivity contribution in [2.24, 2.45) is 0 Å². The molecule has 2 N–H and O–H groups in total. The Labute approximate surface area is 117 Å². The minimum absolute atomic E-state index is 0.0619. The van der Waals surface area contributed by atoms with Crippen LogP contribution in [0.15, 0.2) is 47.4 Å². The SMILES string of the molecule is Cc1ccn(CCOc2cccc(B(O)O)c2)c(=O)c1. The van der Waals surface area contributed by atoms with E-state index in [0.717, 1.165) is 5.56 Å². The Balaban J connectivity index is 1.96. The molecule has 1 aromatic heterocycles. The largest absolute Gasteiger partial charge is 0.492 e. The summed E-state index contributed by atoms with van der Waals surface area (Å²) >= 11 is 0. The Kier molecular flexibility index (Phi) is 4.60. The van der Waals surface area contributed by atoms with Gasteiger partial charge in [0, 0.05) is 12.3 Å². The van der Waals surface area contributed by atoms with Gasteiger partial charge in [-0.1, -0.05) is 12.1 Å². The van der Waals surface area contributed by atoms with Crippen LogP contribution in [0.3, 0.4) is 0 Å². The molecule has 0 atom stereocenters. The van der Waals surface area contributed by atoms with Gasteiger partial charge in [0.05, 0.1) is 6.54 Å². The van der Waals surface area contributed by atoms with E-state index in [1.54, 1.807) is 41.1 Å². The lowest BCUT2D eigenvalue weighted by molar-refractivity contribution is 0.296. The number of hydrogen-bond acceptors (Lipinski definition) is 4. The van der Waals surface area contributed by atoms with Gasteiger partial charge in [-0.15, -0.1) is 0 Å². The fourth-order valence-electron chi connectivity index (χ4n) is 1.82. The second kappa shape index (κ2) is 6.41. The van der Waals surface area contributed by atoms with E-state index in [9.17, 15) is 4.79 Å². The third kappa shape index (κ3) is 3.72. The van der Waals surface area contributed by atoms with E-state index in [1.165, 1.54) is 0 Å². The lowest BCUT2D eigenvalue weighted by Crippen LogP contribution is -2.29. The normalized spacial score (nSPS) is 10.3. The van der Waals surface area contributed by atoms with Crippen LogP contribution in [-0.2, 0) is 6.54 Å². The first-order valence-electron chi connectivity index (χ1n) is 6.32. The summed E-state index contributed by atoms with van der Waals surface area (Å²) in [5.41, 5.74) is 1.24. The zero-order valence-corrected chi connectivity index (χ0v) is 11.2. The zero-order valence-electron chi connectivity index (χ0n) is 11.2. The van der Waals surface area contributed by atoms with Crippen molar-refractivity contribution >= 4 is 12.6 Å². The molecule has 0 saturated carbocycles. The molecule has 0 unspecified atom stereocenters. The summed E-state index contributed by atoms with van der Waals surface area (Å²) in [4.78, 5) is 11.7. The van der Waals surface area contributed by atoms with E-state index in [-0.39, 0.29) is 5.56 Å². The maximum Gasteiger partial charge on any atom is 0.488 e. The Hall–Kier alpha value is -2.05. The van der Waals surface area contributed by atoms with Gasteiger partial charge in [0.2, 0.25) is 0 Å². The number of ether oxygens (including phenoxy) is 1. The number of pyridine rings is 1. The summed E-state index contributed by atoms with van der Waals surface area (Å²) in [5.74, 6) is 0.538. The van der Waals surface area contributed by atoms with E-state index >= 15 is 0 Å². The number of benzene rings is 1. The molecule has 0 fully saturated rings. The highest BCUT2D eigenvalue weighted by molar-refractivity contribution is 6.58. The first-order valence-corrected chi connectivity index (χ1v) is 6.32. The van der Waals surface area contributed by atoms with Crippen molar-refractivity contribution in [3.05, 3.63) is 58.5 Å². The Morgan fingerprint density at radius 2 is 2.05 bits per heavy atom. The molecule has 1 aromatic carbocycles. The predicted molar refractivity (Wildman–Crippen MR) is 77.2 cm³/mol. The van der Waals surface area contributed by atoms with Crippen LogP contribution in [-0.4, -0.2) is 28.3 Å². The van der Waals surface area contributed by atoms with Crippen LogP contribution in [0.1, 0.15) is 5.56 Å². The van der Waals surface area contributed by atoms with Crippen LogP contribution < -0.4 is 15.8 Å². The molecule has 2 aromatic rings. The maximum absolute atomic E-state index is 11.7. The van der Waals surface area contributed by atoms with Crippen LogP contribution in [0.25, 0.3) is 0 Å². The minimum Gasteiger partial charge on any atom is -0.492 e. The average Bonchev–Trinajstić information content (AvgIpc) is 2.41. The molecule has 104 valence electrons. The summed E-state index contributed by atoms with van der Waals surface area (Å²) in [6.07, 6.45) is 1.73. The smallest absolute Gasteiger partial charge is 0.488 e. The highest BCUT2D eigenvalue weighted by atomic mass is 16.5. The molecule has 0 saturated heterocycles. The number of rotatable bonds is 5. The van der Waals surface area contributed by atoms with Gasteiger partial charge in [0.15, 0.2) is 0 Å². The van der Waals surface area contributed by atoms with E-state index < -0.39 is 7.12 Å². The summed E-state index contributed by atoms with van der Waals surface area (Å²) in [5, 5.41) is 18.1. The molecule has 0 radical (unpaired) electrons. The lowest BCUT2D eigenvalue weighted by Gasteiger charge is -2.09. The quantitative estimate of drug-likeness (QED) is 0.747. The summed E-state index contributed by atoms with van der Waals surface area (Å²) in [7, 11) is -1.52. The van der Waals surface area contributed by atoms with Crippen LogP contribution in [0.5, 0.6) is 5.75 Å². The van der Waals surface area contributed by atoms with Crippen molar-refractivity contribution in [2.45, 2.75) is 13.5 Å². The second-order valence-electron chi connectivity index (χ2n) is 4.53. The number of aryl methyl sites for hydroxylation is 1. The molecule has 0 spiro atoms. The maximum atomic E-state index is 11.7. The highest BCUT2D eigenvalue weighted by Gasteiger charge is 2.10. The molecular weight excluding hydrogens is 257 g/mol. The van der Waals surface area contributed by atoms with Crippen LogP contribution in [0.2, 0.25) is 0 Å². The minimum atomic E-state index is -1.52. The topological polar surface area (TPSA) is 71.7 Å². The third-order valence-electron chi connectivity index (χ3n) is 2.91. The molecule has 5 nitrogen and oxygen atoms in total. The van der Waals surface area contributed by atoms with Gasteiger partial charge in [0.25, 0.3) is 5.56 Å². The van der Waals surface area contributed by atoms with Crippen molar-refractivity contribution in [1.29, 1.82) is 0 Å². The van der Waals surface area contributed by atoms with Crippen LogP contribution in [0, 0.1) is 6.92 Å². The van der Waals surface area contributed by atoms with Gasteiger partial charge >= 0.3 is 7.12 Å². The highest BCUT2D eigenvalue weighted by Crippen LogP contribution is 2.07. The molecular formula is C14H16BNO4. The van der Waals surface area contributed by atoms with Crippen molar-refractivity contribution in [3.8, 4) is 5.75 Å². The molecule has 0 aliphatic carbocycles. The summed E-state index contributed by atoms with van der Waals surface area (Å²) < 4.78 is 7.07. The predicted octanol–water partition coefficient (Wildman–Crippen LogP) is -0.0845. The monoisotopic (exact) mass is 273 g/mol. The first kappa shape index (κ1) is 14.4. The fourth-order valence-corrected chi connectivity index (χ4v) is 1.82. The number of hydrogen-bond donors (Lipinski definition) is 2. The zero-order chi connectivity index (χ0) is 14.5. The Morgan fingerprint density at radius 3 is 2.75 bits per heavy atom. The number of aromatic nitrogens is 1. The molecule has 0 amide bonds. The van der Waals surface area contributed by atoms with Gasteiger partial charge in [-0.25, -0.2) is 0 Å². The van der Waals surface area contributed by atoms with E-state index in [4.69, 9.17) is 14.8 Å². The lowest BCUT2D eigenvalue weighted by atomic mass is 9.80. The van der Waals surface area contributed by atoms with Crippen molar-refractivity contribution < 1.29 is 14.8 Å². The molecule has 2 rings (SSSR count). The van der Waals surface area contributed by atoms with E-state index in [1.807, 2.05) is 13.0 Å². The second-order valence-corrected chi connectivity index (χ2v) is 4.53. The van der Waals surface area contributed by atoms with E-state index in [2.05, 4.69) is 0 Å². The van der Waals surface area contributed by atoms with E-state index in [0.29, 0.717) is 24.4 Å². The Bertz CT molecular complexity index is 639. The molecule has 0 aliphatic rings. The van der Waals surface area contributed by atoms with Gasteiger partial charge in [-0.05, 0) is 36.1 Å². The third-order valence-corrected chi connectivity index (χ3v) is 2.91. The first-order chi connectivity index (χ1) is 9.56. The summed E-state index contributed by atoms with van der Waals surface area (Å²) in [6, 6.07) is 10.0. The van der Waals surface area contributed by atoms with Crippen molar-refractivity contribution in [1.82, 2.24) is 4.57 Å². The van der Waals surface area contributed by atoms with Crippen molar-refractivity contribution in [2.75, 3.05) is 6.61 Å². The van der Waals surface area contributed by atoms with Crippen molar-refractivity contribution in [3.63, 3.8) is 0 Å². The number of nitrogens with zero attached hydrogens (tertiary/aromatic N) is 1. The average molecular weight is 273 g/mol. The fraction of sp³-hybridized carbons (Fsp3) is 0.214. The van der Waals surface area contributed by atoms with Gasteiger partial charge < -0.3 is 19.4 Å². The Morgan fingerprint density at radius 1 is 1.25 bits per heavy atom. The van der Waals surface area contributed by atoms with Gasteiger partial charge in [0.1, 0.15) is 12.4 Å². The van der Waals surface area contributed by atoms with Gasteiger partial charge in [-0.2, -0.15) is 0 Å². The standard InChI is InChI=1S/C14H16BNO4/c1-11-5-6-16(14(17)9-11)7-8-20-13-4-2-3-12(10-13)15(18)19/h2-6,9-10,18-19H,7-8H2,1H3. The summed E-state index contributed by atoms with van der Waals surface area (Å²) in [6.45, 7) is 2.63. The van der Waals surface area contributed by atoms with Crippen LogP contribution >= 0.6 is 0 Å². The molecule has 0 bridgehead atoms. The molecule has 20 heavy (non-hydrogen) atoms. The molecule has 1 heterocycles. The van der Waals surface area contributed by atoms with Crippen LogP contribution in [0.4, 0.5) is 0 Å².